The van der Waals surface area contributed by atoms with Gasteiger partial charge in [0.05, 0.1) is 6.67 Å². The van der Waals surface area contributed by atoms with Crippen molar-refractivity contribution >= 4 is 0 Å². The molecule has 0 aromatic carbocycles. The Morgan fingerprint density at radius 3 is 2.60 bits per heavy atom. The maximum atomic E-state index is 7.23. The standard InChI is InChI=1S/C8H17N2/c1-2-3-6-10(7-9)8-4-5-8/h8-9H,2-7H2,1H3. The van der Waals surface area contributed by atoms with Crippen molar-refractivity contribution < 1.29 is 0 Å². The minimum absolute atomic E-state index is 0.505. The number of rotatable bonds is 5. The van der Waals surface area contributed by atoms with Gasteiger partial charge in [-0.2, -0.15) is 0 Å². The summed E-state index contributed by atoms with van der Waals surface area (Å²) in [5.41, 5.74) is 7.23. The Bertz CT molecular complexity index is 89.3. The molecule has 1 aliphatic carbocycles. The Balaban J connectivity index is 2.07. The van der Waals surface area contributed by atoms with Crippen molar-refractivity contribution in [2.75, 3.05) is 13.2 Å². The molecule has 0 unspecified atom stereocenters. The van der Waals surface area contributed by atoms with Crippen LogP contribution in [0.25, 0.3) is 0 Å². The van der Waals surface area contributed by atoms with Crippen LogP contribution >= 0.6 is 0 Å². The first-order valence-corrected chi connectivity index (χ1v) is 4.27. The molecule has 10 heavy (non-hydrogen) atoms. The first-order valence-electron chi connectivity index (χ1n) is 4.27. The molecule has 2 heteroatoms. The van der Waals surface area contributed by atoms with E-state index < -0.39 is 0 Å². The molecule has 59 valence electrons. The van der Waals surface area contributed by atoms with E-state index in [1.54, 1.807) is 0 Å². The summed E-state index contributed by atoms with van der Waals surface area (Å²) in [7, 11) is 0. The molecule has 0 bridgehead atoms. The molecule has 0 aliphatic heterocycles. The number of hydrogen-bond acceptors (Lipinski definition) is 1. The number of hydrogen-bond donors (Lipinski definition) is 0. The lowest BCUT2D eigenvalue weighted by molar-refractivity contribution is 0.262. The number of unbranched alkanes of at least 4 members (excludes halogenated alkanes) is 1. The van der Waals surface area contributed by atoms with Gasteiger partial charge in [-0.25, -0.2) is 5.73 Å². The molecule has 0 atom stereocenters. The van der Waals surface area contributed by atoms with Crippen LogP contribution in [0.4, 0.5) is 0 Å². The molecule has 2 nitrogen and oxygen atoms in total. The molecule has 0 amide bonds. The van der Waals surface area contributed by atoms with Gasteiger partial charge in [0, 0.05) is 6.04 Å². The van der Waals surface area contributed by atoms with Crippen LogP contribution in [0.1, 0.15) is 32.6 Å². The van der Waals surface area contributed by atoms with Crippen LogP contribution in [0.5, 0.6) is 0 Å². The summed E-state index contributed by atoms with van der Waals surface area (Å²) in [6.07, 6.45) is 5.18. The quantitative estimate of drug-likeness (QED) is 0.570. The van der Waals surface area contributed by atoms with Crippen LogP contribution in [0.2, 0.25) is 0 Å². The molecule has 0 saturated heterocycles. The molecule has 1 fully saturated rings. The van der Waals surface area contributed by atoms with Crippen molar-refractivity contribution in [1.29, 1.82) is 0 Å². The van der Waals surface area contributed by atoms with Crippen molar-refractivity contribution in [1.82, 2.24) is 10.6 Å². The molecular formula is C8H17N2. The number of nitrogens with zero attached hydrogens (tertiary/aromatic N) is 1. The lowest BCUT2D eigenvalue weighted by Gasteiger charge is -2.17. The van der Waals surface area contributed by atoms with Gasteiger partial charge in [0.25, 0.3) is 0 Å². The van der Waals surface area contributed by atoms with Crippen LogP contribution in [0.15, 0.2) is 0 Å². The Labute approximate surface area is 63.4 Å². The van der Waals surface area contributed by atoms with E-state index in [9.17, 15) is 0 Å². The highest BCUT2D eigenvalue weighted by Gasteiger charge is 2.27. The normalized spacial score (nSPS) is 18.3. The molecule has 0 aromatic rings. The summed E-state index contributed by atoms with van der Waals surface area (Å²) in [5, 5.41) is 0. The zero-order valence-electron chi connectivity index (χ0n) is 6.77. The third kappa shape index (κ3) is 2.27. The Kier molecular flexibility index (Phi) is 3.16. The van der Waals surface area contributed by atoms with Crippen LogP contribution in [-0.2, 0) is 0 Å². The third-order valence-corrected chi connectivity index (χ3v) is 2.07. The van der Waals surface area contributed by atoms with E-state index in [-0.39, 0.29) is 0 Å². The molecule has 1 aliphatic rings. The smallest absolute Gasteiger partial charge is 0.0617 e. The van der Waals surface area contributed by atoms with Gasteiger partial charge >= 0.3 is 0 Å². The Morgan fingerprint density at radius 2 is 2.20 bits per heavy atom. The third-order valence-electron chi connectivity index (χ3n) is 2.07. The summed E-state index contributed by atoms with van der Waals surface area (Å²) in [4.78, 5) is 2.28. The fraction of sp³-hybridized carbons (Fsp3) is 1.00. The monoisotopic (exact) mass is 141 g/mol. The number of nitrogens with one attached hydrogen (secondary N) is 1. The first kappa shape index (κ1) is 8.02. The van der Waals surface area contributed by atoms with Gasteiger partial charge in [-0.1, -0.05) is 13.3 Å². The van der Waals surface area contributed by atoms with E-state index in [1.165, 1.54) is 25.7 Å². The van der Waals surface area contributed by atoms with Gasteiger partial charge in [-0.15, -0.1) is 0 Å². The van der Waals surface area contributed by atoms with E-state index in [1.807, 2.05) is 0 Å². The predicted molar refractivity (Wildman–Crippen MR) is 42.6 cm³/mol. The van der Waals surface area contributed by atoms with E-state index in [4.69, 9.17) is 5.73 Å². The average molecular weight is 141 g/mol. The van der Waals surface area contributed by atoms with Crippen LogP contribution in [-0.4, -0.2) is 24.2 Å². The fourth-order valence-electron chi connectivity index (χ4n) is 1.19. The van der Waals surface area contributed by atoms with Gasteiger partial charge in [-0.3, -0.25) is 4.90 Å². The maximum absolute atomic E-state index is 7.23. The van der Waals surface area contributed by atoms with Crippen LogP contribution < -0.4 is 5.73 Å². The van der Waals surface area contributed by atoms with Gasteiger partial charge in [0.15, 0.2) is 0 Å². The summed E-state index contributed by atoms with van der Waals surface area (Å²) in [6.45, 7) is 3.85. The van der Waals surface area contributed by atoms with E-state index in [0.29, 0.717) is 6.67 Å². The van der Waals surface area contributed by atoms with Gasteiger partial charge in [0.1, 0.15) is 0 Å². The molecule has 1 radical (unpaired) electrons. The van der Waals surface area contributed by atoms with Crippen LogP contribution in [0.3, 0.4) is 0 Å². The van der Waals surface area contributed by atoms with Gasteiger partial charge in [0.2, 0.25) is 0 Å². The second-order valence-corrected chi connectivity index (χ2v) is 3.06. The van der Waals surface area contributed by atoms with Crippen molar-refractivity contribution in [3.05, 3.63) is 0 Å². The second kappa shape index (κ2) is 3.94. The van der Waals surface area contributed by atoms with Gasteiger partial charge < -0.3 is 0 Å². The van der Waals surface area contributed by atoms with Crippen molar-refractivity contribution in [2.24, 2.45) is 0 Å². The molecular weight excluding hydrogens is 124 g/mol. The fourth-order valence-corrected chi connectivity index (χ4v) is 1.19. The molecule has 1 saturated carbocycles. The molecule has 0 spiro atoms. The molecule has 0 aromatic heterocycles. The summed E-state index contributed by atoms with van der Waals surface area (Å²) in [5.74, 6) is 0. The highest BCUT2D eigenvalue weighted by atomic mass is 15.2. The maximum Gasteiger partial charge on any atom is 0.0617 e. The largest absolute Gasteiger partial charge is 0.287 e. The first-order chi connectivity index (χ1) is 4.88. The second-order valence-electron chi connectivity index (χ2n) is 3.06. The van der Waals surface area contributed by atoms with Crippen molar-refractivity contribution in [3.8, 4) is 0 Å². The molecule has 1 rings (SSSR count). The Morgan fingerprint density at radius 1 is 1.50 bits per heavy atom. The van der Waals surface area contributed by atoms with Crippen molar-refractivity contribution in [2.45, 2.75) is 38.6 Å². The molecule has 0 heterocycles. The molecule has 1 N–H and O–H groups in total. The van der Waals surface area contributed by atoms with Gasteiger partial charge in [-0.05, 0) is 25.8 Å². The minimum atomic E-state index is 0.505. The van der Waals surface area contributed by atoms with E-state index in [0.717, 1.165) is 12.6 Å². The Hall–Kier alpha value is -0.0800. The highest BCUT2D eigenvalue weighted by molar-refractivity contribution is 4.83. The lowest BCUT2D eigenvalue weighted by Crippen LogP contribution is -2.28. The minimum Gasteiger partial charge on any atom is -0.287 e. The summed E-state index contributed by atoms with van der Waals surface area (Å²) >= 11 is 0. The average Bonchev–Trinajstić information content (AvgIpc) is 2.73. The topological polar surface area (TPSA) is 27.0 Å². The highest BCUT2D eigenvalue weighted by Crippen LogP contribution is 2.26. The summed E-state index contributed by atoms with van der Waals surface area (Å²) in [6, 6.07) is 0.782. The SMILES string of the molecule is CCCCN(C[NH])C1CC1. The van der Waals surface area contributed by atoms with Crippen molar-refractivity contribution in [3.63, 3.8) is 0 Å². The summed E-state index contributed by atoms with van der Waals surface area (Å²) < 4.78 is 0. The zero-order valence-corrected chi connectivity index (χ0v) is 6.77. The zero-order chi connectivity index (χ0) is 7.40. The van der Waals surface area contributed by atoms with Crippen LogP contribution in [0, 0.1) is 0 Å². The lowest BCUT2D eigenvalue weighted by atomic mass is 10.3. The van der Waals surface area contributed by atoms with E-state index in [2.05, 4.69) is 11.8 Å². The van der Waals surface area contributed by atoms with E-state index >= 15 is 0 Å². The predicted octanol–water partition coefficient (Wildman–Crippen LogP) is 1.49.